The predicted octanol–water partition coefficient (Wildman–Crippen LogP) is 1.81. The summed E-state index contributed by atoms with van der Waals surface area (Å²) in [5.41, 5.74) is -0.0743. The fourth-order valence-electron chi connectivity index (χ4n) is 2.27. The van der Waals surface area contributed by atoms with Crippen LogP contribution in [-0.2, 0) is 14.3 Å². The minimum absolute atomic E-state index is 0.0743. The molecule has 5 heteroatoms. The van der Waals surface area contributed by atoms with Gasteiger partial charge in [-0.3, -0.25) is 9.59 Å². The van der Waals surface area contributed by atoms with E-state index in [9.17, 15) is 14.7 Å². The standard InChI is InChI=1S/C14H25NO4/c1-14(2,3)8-10(13(17)18)9-15-12(16)11-6-4-5-7-19-11/h10-11H,4-9H2,1-3H3,(H,15,16)(H,17,18). The summed E-state index contributed by atoms with van der Waals surface area (Å²) in [7, 11) is 0. The molecule has 0 radical (unpaired) electrons. The highest BCUT2D eigenvalue weighted by Crippen LogP contribution is 2.24. The Kier molecular flexibility index (Phi) is 5.79. The fraction of sp³-hybridized carbons (Fsp3) is 0.857. The molecule has 0 saturated carbocycles. The highest BCUT2D eigenvalue weighted by atomic mass is 16.5. The first-order valence-electron chi connectivity index (χ1n) is 6.92. The monoisotopic (exact) mass is 271 g/mol. The van der Waals surface area contributed by atoms with Crippen LogP contribution in [0.25, 0.3) is 0 Å². The lowest BCUT2D eigenvalue weighted by Crippen LogP contribution is -2.42. The second kappa shape index (κ2) is 6.89. The molecule has 0 aliphatic carbocycles. The molecule has 19 heavy (non-hydrogen) atoms. The predicted molar refractivity (Wildman–Crippen MR) is 71.8 cm³/mol. The fourth-order valence-corrected chi connectivity index (χ4v) is 2.27. The third-order valence-corrected chi connectivity index (χ3v) is 3.20. The molecule has 1 heterocycles. The van der Waals surface area contributed by atoms with E-state index in [1.807, 2.05) is 20.8 Å². The summed E-state index contributed by atoms with van der Waals surface area (Å²) in [4.78, 5) is 23.0. The summed E-state index contributed by atoms with van der Waals surface area (Å²) in [6, 6.07) is 0. The third kappa shape index (κ3) is 6.05. The van der Waals surface area contributed by atoms with Gasteiger partial charge >= 0.3 is 5.97 Å². The molecule has 2 N–H and O–H groups in total. The summed E-state index contributed by atoms with van der Waals surface area (Å²) >= 11 is 0. The maximum atomic E-state index is 11.9. The second-order valence-electron chi connectivity index (χ2n) is 6.40. The first kappa shape index (κ1) is 16.0. The van der Waals surface area contributed by atoms with Gasteiger partial charge in [-0.05, 0) is 31.1 Å². The molecule has 1 rings (SSSR count). The molecular weight excluding hydrogens is 246 g/mol. The maximum absolute atomic E-state index is 11.9. The van der Waals surface area contributed by atoms with Crippen molar-refractivity contribution >= 4 is 11.9 Å². The van der Waals surface area contributed by atoms with E-state index in [4.69, 9.17) is 4.74 Å². The Labute approximate surface area is 114 Å². The van der Waals surface area contributed by atoms with E-state index in [0.29, 0.717) is 13.0 Å². The van der Waals surface area contributed by atoms with Crippen molar-refractivity contribution in [1.29, 1.82) is 0 Å². The van der Waals surface area contributed by atoms with Crippen LogP contribution >= 0.6 is 0 Å². The number of rotatable bonds is 5. The third-order valence-electron chi connectivity index (χ3n) is 3.20. The van der Waals surface area contributed by atoms with Gasteiger partial charge in [0.25, 0.3) is 0 Å². The Bertz CT molecular complexity index is 316. The number of ether oxygens (including phenoxy) is 1. The topological polar surface area (TPSA) is 75.6 Å². The van der Waals surface area contributed by atoms with Gasteiger partial charge in [-0.15, -0.1) is 0 Å². The lowest BCUT2D eigenvalue weighted by Gasteiger charge is -2.25. The highest BCUT2D eigenvalue weighted by Gasteiger charge is 2.27. The number of carbonyl (C=O) groups excluding carboxylic acids is 1. The number of hydrogen-bond acceptors (Lipinski definition) is 3. The summed E-state index contributed by atoms with van der Waals surface area (Å²) < 4.78 is 5.37. The van der Waals surface area contributed by atoms with Gasteiger partial charge in [-0.1, -0.05) is 20.8 Å². The first-order chi connectivity index (χ1) is 8.79. The van der Waals surface area contributed by atoms with Crippen molar-refractivity contribution < 1.29 is 19.4 Å². The molecule has 5 nitrogen and oxygen atoms in total. The van der Waals surface area contributed by atoms with Crippen molar-refractivity contribution in [1.82, 2.24) is 5.32 Å². The van der Waals surface area contributed by atoms with Crippen LogP contribution in [0.3, 0.4) is 0 Å². The van der Waals surface area contributed by atoms with E-state index in [1.165, 1.54) is 0 Å². The SMILES string of the molecule is CC(C)(C)CC(CNC(=O)C1CCCCO1)C(=O)O. The molecule has 0 bridgehead atoms. The van der Waals surface area contributed by atoms with Crippen LogP contribution in [0.5, 0.6) is 0 Å². The Hall–Kier alpha value is -1.10. The van der Waals surface area contributed by atoms with Crippen LogP contribution in [0.4, 0.5) is 0 Å². The smallest absolute Gasteiger partial charge is 0.308 e. The van der Waals surface area contributed by atoms with Crippen LogP contribution in [0.1, 0.15) is 46.5 Å². The number of nitrogens with one attached hydrogen (secondary N) is 1. The number of carbonyl (C=O) groups is 2. The molecule has 2 atom stereocenters. The average molecular weight is 271 g/mol. The molecule has 0 aromatic carbocycles. The molecule has 1 aliphatic rings. The zero-order chi connectivity index (χ0) is 14.5. The lowest BCUT2D eigenvalue weighted by molar-refractivity contribution is -0.143. The summed E-state index contributed by atoms with van der Waals surface area (Å²) in [5, 5.41) is 11.9. The minimum atomic E-state index is -0.861. The van der Waals surface area contributed by atoms with Crippen LogP contribution in [0, 0.1) is 11.3 Å². The summed E-state index contributed by atoms with van der Waals surface area (Å²) in [5.74, 6) is -1.59. The molecule has 0 aromatic heterocycles. The van der Waals surface area contributed by atoms with Crippen LogP contribution in [0.2, 0.25) is 0 Å². The van der Waals surface area contributed by atoms with E-state index < -0.39 is 18.0 Å². The zero-order valence-corrected chi connectivity index (χ0v) is 12.1. The van der Waals surface area contributed by atoms with Crippen LogP contribution in [-0.4, -0.2) is 36.2 Å². The van der Waals surface area contributed by atoms with Gasteiger partial charge in [0.2, 0.25) is 5.91 Å². The van der Waals surface area contributed by atoms with Crippen molar-refractivity contribution in [3.05, 3.63) is 0 Å². The normalized spacial score (nSPS) is 21.7. The minimum Gasteiger partial charge on any atom is -0.481 e. The Morgan fingerprint density at radius 2 is 2.05 bits per heavy atom. The van der Waals surface area contributed by atoms with E-state index >= 15 is 0 Å². The van der Waals surface area contributed by atoms with Gasteiger partial charge in [0.1, 0.15) is 6.10 Å². The molecule has 2 unspecified atom stereocenters. The van der Waals surface area contributed by atoms with E-state index in [-0.39, 0.29) is 17.9 Å². The van der Waals surface area contributed by atoms with Gasteiger partial charge in [0, 0.05) is 13.2 Å². The van der Waals surface area contributed by atoms with Gasteiger partial charge in [0.15, 0.2) is 0 Å². The van der Waals surface area contributed by atoms with E-state index in [1.54, 1.807) is 0 Å². The highest BCUT2D eigenvalue weighted by molar-refractivity contribution is 5.81. The molecule has 110 valence electrons. The second-order valence-corrected chi connectivity index (χ2v) is 6.40. The van der Waals surface area contributed by atoms with Gasteiger partial charge < -0.3 is 15.2 Å². The molecule has 1 saturated heterocycles. The summed E-state index contributed by atoms with van der Waals surface area (Å²) in [6.07, 6.45) is 2.84. The molecule has 1 fully saturated rings. The zero-order valence-electron chi connectivity index (χ0n) is 12.1. The largest absolute Gasteiger partial charge is 0.481 e. The van der Waals surface area contributed by atoms with Gasteiger partial charge in [-0.25, -0.2) is 0 Å². The number of hydrogen-bond donors (Lipinski definition) is 2. The molecular formula is C14H25NO4. The van der Waals surface area contributed by atoms with Crippen molar-refractivity contribution in [2.45, 2.75) is 52.6 Å². The number of amides is 1. The maximum Gasteiger partial charge on any atom is 0.308 e. The molecule has 1 aliphatic heterocycles. The van der Waals surface area contributed by atoms with Crippen LogP contribution < -0.4 is 5.32 Å². The van der Waals surface area contributed by atoms with Crippen molar-refractivity contribution in [2.75, 3.05) is 13.2 Å². The molecule has 1 amide bonds. The van der Waals surface area contributed by atoms with Gasteiger partial charge in [-0.2, -0.15) is 0 Å². The average Bonchev–Trinajstić information content (AvgIpc) is 2.33. The van der Waals surface area contributed by atoms with Crippen molar-refractivity contribution in [3.8, 4) is 0 Å². The number of aliphatic carboxylic acids is 1. The van der Waals surface area contributed by atoms with Crippen molar-refractivity contribution in [3.63, 3.8) is 0 Å². The van der Waals surface area contributed by atoms with Crippen molar-refractivity contribution in [2.24, 2.45) is 11.3 Å². The number of carboxylic acids is 1. The lowest BCUT2D eigenvalue weighted by atomic mass is 9.84. The first-order valence-corrected chi connectivity index (χ1v) is 6.92. The quantitative estimate of drug-likeness (QED) is 0.799. The Balaban J connectivity index is 2.42. The van der Waals surface area contributed by atoms with E-state index in [2.05, 4.69) is 5.32 Å². The van der Waals surface area contributed by atoms with Gasteiger partial charge in [0.05, 0.1) is 5.92 Å². The number of carboxylic acid groups (broad SMARTS) is 1. The Morgan fingerprint density at radius 3 is 2.53 bits per heavy atom. The Morgan fingerprint density at radius 1 is 1.37 bits per heavy atom. The van der Waals surface area contributed by atoms with E-state index in [0.717, 1.165) is 19.3 Å². The molecule has 0 aromatic rings. The molecule has 0 spiro atoms. The van der Waals surface area contributed by atoms with Crippen LogP contribution in [0.15, 0.2) is 0 Å². The summed E-state index contributed by atoms with van der Waals surface area (Å²) in [6.45, 7) is 6.77.